The van der Waals surface area contributed by atoms with Crippen molar-refractivity contribution in [3.05, 3.63) is 212 Å². The first-order valence-corrected chi connectivity index (χ1v) is 19.3. The van der Waals surface area contributed by atoms with Crippen molar-refractivity contribution in [1.82, 2.24) is 9.55 Å². The Kier molecular flexibility index (Phi) is 7.78. The summed E-state index contributed by atoms with van der Waals surface area (Å²) in [5, 5.41) is 4.59. The number of para-hydroxylation sites is 3. The number of anilines is 3. The lowest BCUT2D eigenvalue weighted by molar-refractivity contribution is 0.623. The van der Waals surface area contributed by atoms with Gasteiger partial charge in [0.2, 0.25) is 5.89 Å². The number of hydrogen-bond donors (Lipinski definition) is 0. The fourth-order valence-corrected chi connectivity index (χ4v) is 8.40. The molecule has 0 saturated carbocycles. The minimum Gasteiger partial charge on any atom is -0.435 e. The molecule has 4 heteroatoms. The minimum absolute atomic E-state index is 0.625. The Balaban J connectivity index is 1.09. The number of hydrogen-bond acceptors (Lipinski definition) is 3. The van der Waals surface area contributed by atoms with Crippen molar-refractivity contribution in [2.75, 3.05) is 4.90 Å². The quantitative estimate of drug-likeness (QED) is 0.164. The van der Waals surface area contributed by atoms with Crippen molar-refractivity contribution >= 4 is 60.7 Å². The van der Waals surface area contributed by atoms with E-state index < -0.39 is 0 Å². The largest absolute Gasteiger partial charge is 0.435 e. The maximum atomic E-state index is 6.42. The Bertz CT molecular complexity index is 3220. The molecule has 11 aromatic rings. The van der Waals surface area contributed by atoms with Crippen LogP contribution in [-0.4, -0.2) is 9.55 Å². The lowest BCUT2D eigenvalue weighted by Crippen LogP contribution is -2.11. The molecular formula is C53H35N3O. The number of rotatable bonds is 7. The Morgan fingerprint density at radius 1 is 0.404 bits per heavy atom. The molecule has 0 unspecified atom stereocenters. The number of benzene rings is 9. The highest BCUT2D eigenvalue weighted by Gasteiger charge is 2.21. The van der Waals surface area contributed by atoms with Crippen molar-refractivity contribution < 1.29 is 4.42 Å². The van der Waals surface area contributed by atoms with Crippen molar-refractivity contribution in [1.29, 1.82) is 0 Å². The number of oxazole rings is 1. The van der Waals surface area contributed by atoms with Gasteiger partial charge in [-0.05, 0) is 94.9 Å². The monoisotopic (exact) mass is 729 g/mol. The van der Waals surface area contributed by atoms with E-state index in [0.717, 1.165) is 66.9 Å². The van der Waals surface area contributed by atoms with E-state index in [-0.39, 0.29) is 0 Å². The molecule has 0 amide bonds. The Hall–Kier alpha value is -7.69. The molecule has 0 aliphatic carbocycles. The van der Waals surface area contributed by atoms with Crippen LogP contribution >= 0.6 is 0 Å². The summed E-state index contributed by atoms with van der Waals surface area (Å²) in [6.45, 7) is 0. The first-order valence-electron chi connectivity index (χ1n) is 19.3. The summed E-state index contributed by atoms with van der Waals surface area (Å²) < 4.78 is 8.78. The first-order chi connectivity index (χ1) is 28.3. The van der Waals surface area contributed by atoms with Crippen LogP contribution in [0.2, 0.25) is 0 Å². The fraction of sp³-hybridized carbons (Fsp3) is 0. The van der Waals surface area contributed by atoms with E-state index in [0.29, 0.717) is 5.89 Å². The highest BCUT2D eigenvalue weighted by molar-refractivity contribution is 6.12. The maximum absolute atomic E-state index is 6.42. The van der Waals surface area contributed by atoms with Crippen LogP contribution in [0.4, 0.5) is 17.1 Å². The molecule has 0 saturated heterocycles. The summed E-state index contributed by atoms with van der Waals surface area (Å²) in [6.07, 6.45) is 0. The molecule has 0 bridgehead atoms. The fourth-order valence-electron chi connectivity index (χ4n) is 8.40. The van der Waals surface area contributed by atoms with E-state index in [9.17, 15) is 0 Å². The molecule has 0 radical (unpaired) electrons. The van der Waals surface area contributed by atoms with Crippen LogP contribution in [0.5, 0.6) is 0 Å². The van der Waals surface area contributed by atoms with Gasteiger partial charge >= 0.3 is 0 Å². The standard InChI is InChI=1S/C53H35N3O/c1-4-16-36(17-5-1)42-22-12-14-26-49(42)55(41-32-33-51-47(34-41)44-24-13-15-27-50(44)56(51)39-20-8-3-9-21-39)40-30-28-37(29-31-40)46-35-48-52(45-25-11-10-23-43(45)46)57-53(54-48)38-18-6-2-7-19-38/h1-35H. The van der Waals surface area contributed by atoms with Crippen LogP contribution in [0.25, 0.3) is 83.1 Å². The molecule has 0 fully saturated rings. The SMILES string of the molecule is c1ccc(-c2nc3cc(-c4ccc(N(c5ccc6c(c5)c5ccccc5n6-c5ccccc5)c5ccccc5-c5ccccc5)cc4)c4ccccc4c3o2)cc1. The molecular weight excluding hydrogens is 695 g/mol. The zero-order valence-electron chi connectivity index (χ0n) is 31.0. The van der Waals surface area contributed by atoms with Gasteiger partial charge in [-0.15, -0.1) is 0 Å². The van der Waals surface area contributed by atoms with E-state index in [2.05, 4.69) is 191 Å². The Morgan fingerprint density at radius 2 is 0.982 bits per heavy atom. The summed E-state index contributed by atoms with van der Waals surface area (Å²) in [4.78, 5) is 7.37. The highest BCUT2D eigenvalue weighted by atomic mass is 16.3. The normalized spacial score (nSPS) is 11.5. The lowest BCUT2D eigenvalue weighted by Gasteiger charge is -2.28. The van der Waals surface area contributed by atoms with Gasteiger partial charge in [-0.3, -0.25) is 0 Å². The van der Waals surface area contributed by atoms with E-state index in [1.54, 1.807) is 0 Å². The summed E-state index contributed by atoms with van der Waals surface area (Å²) in [7, 11) is 0. The van der Waals surface area contributed by atoms with Crippen LogP contribution < -0.4 is 4.90 Å². The third kappa shape index (κ3) is 5.58. The Morgan fingerprint density at radius 3 is 1.75 bits per heavy atom. The summed E-state index contributed by atoms with van der Waals surface area (Å²) in [5.74, 6) is 0.625. The smallest absolute Gasteiger partial charge is 0.227 e. The summed E-state index contributed by atoms with van der Waals surface area (Å²) >= 11 is 0. The lowest BCUT2D eigenvalue weighted by atomic mass is 9.96. The van der Waals surface area contributed by atoms with Gasteiger partial charge in [0.15, 0.2) is 5.58 Å². The molecule has 57 heavy (non-hydrogen) atoms. The van der Waals surface area contributed by atoms with E-state index in [1.807, 2.05) is 30.3 Å². The first kappa shape index (κ1) is 32.7. The van der Waals surface area contributed by atoms with Gasteiger partial charge in [0.25, 0.3) is 0 Å². The molecule has 2 aromatic heterocycles. The second-order valence-electron chi connectivity index (χ2n) is 14.4. The van der Waals surface area contributed by atoms with Crippen LogP contribution in [0.1, 0.15) is 0 Å². The summed E-state index contributed by atoms with van der Waals surface area (Å²) in [6, 6.07) is 75.2. The predicted molar refractivity (Wildman–Crippen MR) is 237 cm³/mol. The molecule has 9 aromatic carbocycles. The number of aromatic nitrogens is 2. The topological polar surface area (TPSA) is 34.2 Å². The average Bonchev–Trinajstić information content (AvgIpc) is 3.87. The maximum Gasteiger partial charge on any atom is 0.227 e. The molecule has 4 nitrogen and oxygen atoms in total. The average molecular weight is 730 g/mol. The predicted octanol–water partition coefficient (Wildman–Crippen LogP) is 14.5. The second-order valence-corrected chi connectivity index (χ2v) is 14.4. The van der Waals surface area contributed by atoms with Gasteiger partial charge in [-0.1, -0.05) is 140 Å². The van der Waals surface area contributed by atoms with Gasteiger partial charge in [0.1, 0.15) is 5.52 Å². The molecule has 11 rings (SSSR count). The van der Waals surface area contributed by atoms with Crippen molar-refractivity contribution in [3.8, 4) is 39.4 Å². The van der Waals surface area contributed by atoms with E-state index in [1.165, 1.54) is 27.4 Å². The van der Waals surface area contributed by atoms with Crippen molar-refractivity contribution in [3.63, 3.8) is 0 Å². The zero-order valence-corrected chi connectivity index (χ0v) is 31.0. The van der Waals surface area contributed by atoms with Crippen molar-refractivity contribution in [2.24, 2.45) is 0 Å². The third-order valence-electron chi connectivity index (χ3n) is 11.0. The van der Waals surface area contributed by atoms with E-state index >= 15 is 0 Å². The highest BCUT2D eigenvalue weighted by Crippen LogP contribution is 2.44. The molecule has 0 atom stereocenters. The molecule has 0 N–H and O–H groups in total. The van der Waals surface area contributed by atoms with Crippen LogP contribution in [0.3, 0.4) is 0 Å². The third-order valence-corrected chi connectivity index (χ3v) is 11.0. The van der Waals surface area contributed by atoms with Gasteiger partial charge in [-0.2, -0.15) is 0 Å². The van der Waals surface area contributed by atoms with Gasteiger partial charge in [0, 0.05) is 44.3 Å². The number of fused-ring (bicyclic) bond motifs is 6. The summed E-state index contributed by atoms with van der Waals surface area (Å²) in [5.41, 5.74) is 13.9. The minimum atomic E-state index is 0.625. The number of nitrogens with zero attached hydrogens (tertiary/aromatic N) is 3. The Labute approximate surface area is 330 Å². The van der Waals surface area contributed by atoms with Crippen molar-refractivity contribution in [2.45, 2.75) is 0 Å². The second kappa shape index (κ2) is 13.6. The molecule has 0 spiro atoms. The molecule has 268 valence electrons. The van der Waals surface area contributed by atoms with Gasteiger partial charge in [0.05, 0.1) is 16.7 Å². The molecule has 2 heterocycles. The molecule has 0 aliphatic heterocycles. The van der Waals surface area contributed by atoms with Gasteiger partial charge in [-0.25, -0.2) is 4.98 Å². The zero-order chi connectivity index (χ0) is 37.7. The van der Waals surface area contributed by atoms with Gasteiger partial charge < -0.3 is 13.9 Å². The van der Waals surface area contributed by atoms with Crippen LogP contribution in [0.15, 0.2) is 217 Å². The molecule has 0 aliphatic rings. The van der Waals surface area contributed by atoms with E-state index in [4.69, 9.17) is 9.40 Å². The van der Waals surface area contributed by atoms with Crippen LogP contribution in [-0.2, 0) is 0 Å². The van der Waals surface area contributed by atoms with Crippen LogP contribution in [0, 0.1) is 0 Å².